The highest BCUT2D eigenvalue weighted by Gasteiger charge is 2.28. The molecule has 0 saturated carbocycles. The Morgan fingerprint density at radius 2 is 1.88 bits per heavy atom. The fourth-order valence-electron chi connectivity index (χ4n) is 4.12. The number of carboxylic acids is 1. The Bertz CT molecular complexity index is 1030. The number of carbonyl (C=O) groups is 2. The maximum Gasteiger partial charge on any atom is 0.303 e. The zero-order valence-electron chi connectivity index (χ0n) is 19.0. The van der Waals surface area contributed by atoms with E-state index in [1.54, 1.807) is 18.2 Å². The summed E-state index contributed by atoms with van der Waals surface area (Å²) in [4.78, 5) is 26.1. The van der Waals surface area contributed by atoms with Crippen molar-refractivity contribution in [2.75, 3.05) is 38.5 Å². The van der Waals surface area contributed by atoms with E-state index in [0.29, 0.717) is 17.7 Å². The van der Waals surface area contributed by atoms with Crippen LogP contribution in [0.2, 0.25) is 0 Å². The highest BCUT2D eigenvalue weighted by molar-refractivity contribution is 6.04. The summed E-state index contributed by atoms with van der Waals surface area (Å²) in [6.45, 7) is 5.73. The molecule has 2 atom stereocenters. The summed E-state index contributed by atoms with van der Waals surface area (Å²) in [5, 5.41) is 18.7. The molecule has 0 bridgehead atoms. The van der Waals surface area contributed by atoms with Crippen LogP contribution in [-0.4, -0.2) is 72.4 Å². The van der Waals surface area contributed by atoms with E-state index in [1.165, 1.54) is 0 Å². The summed E-state index contributed by atoms with van der Waals surface area (Å²) >= 11 is 0. The van der Waals surface area contributed by atoms with Crippen LogP contribution in [0, 0.1) is 5.92 Å². The van der Waals surface area contributed by atoms with Crippen LogP contribution in [0.3, 0.4) is 0 Å². The molecule has 1 amide bonds. The number of carbonyl (C=O) groups excluding carboxylic acids is 1. The highest BCUT2D eigenvalue weighted by atomic mass is 16.5. The van der Waals surface area contributed by atoms with Gasteiger partial charge >= 0.3 is 5.97 Å². The number of hydrazone groups is 1. The minimum absolute atomic E-state index is 0.0572. The fourth-order valence-corrected chi connectivity index (χ4v) is 4.12. The van der Waals surface area contributed by atoms with E-state index in [1.807, 2.05) is 37.4 Å². The van der Waals surface area contributed by atoms with Gasteiger partial charge in [0.25, 0.3) is 5.91 Å². The third-order valence-electron chi connectivity index (χ3n) is 6.24. The average molecular weight is 451 g/mol. The Morgan fingerprint density at radius 3 is 2.58 bits per heavy atom. The maximum atomic E-state index is 12.7. The van der Waals surface area contributed by atoms with Crippen molar-refractivity contribution in [3.8, 4) is 5.75 Å². The van der Waals surface area contributed by atoms with Gasteiger partial charge in [0.15, 0.2) is 0 Å². The fraction of sp³-hybridized carbons (Fsp3) is 0.400. The second-order valence-electron chi connectivity index (χ2n) is 8.79. The van der Waals surface area contributed by atoms with Crippen molar-refractivity contribution in [3.05, 3.63) is 59.2 Å². The summed E-state index contributed by atoms with van der Waals surface area (Å²) in [6, 6.07) is 12.8. The van der Waals surface area contributed by atoms with Gasteiger partial charge in [0.2, 0.25) is 0 Å². The Labute approximate surface area is 193 Å². The number of nitrogens with one attached hydrogen (secondary N) is 1. The van der Waals surface area contributed by atoms with Crippen LogP contribution in [0.15, 0.2) is 47.6 Å². The standard InChI is InChI=1S/C25H30N4O4/c1-17-20(15-24(30)31)13-21-14-22(7-8-23(21)33-17)27-25(32)19-5-3-18(4-6-19)16-26-29-11-9-28(2)10-12-29/h3-8,14,16-17,20H,9-13,15H2,1-2H3,(H,27,32)(H,30,31). The number of aliphatic carboxylic acids is 1. The first-order valence-corrected chi connectivity index (χ1v) is 11.3. The highest BCUT2D eigenvalue weighted by Crippen LogP contribution is 2.34. The molecule has 2 aromatic rings. The lowest BCUT2D eigenvalue weighted by Crippen LogP contribution is -2.41. The SMILES string of the molecule is CC1Oc2ccc(NC(=O)c3ccc(C=NN4CCN(C)CC4)cc3)cc2CC1CC(=O)O. The molecule has 8 heteroatoms. The molecular weight excluding hydrogens is 420 g/mol. The van der Waals surface area contributed by atoms with Crippen molar-refractivity contribution in [2.45, 2.75) is 25.9 Å². The van der Waals surface area contributed by atoms with Crippen LogP contribution in [0.4, 0.5) is 5.69 Å². The lowest BCUT2D eigenvalue weighted by molar-refractivity contribution is -0.139. The first-order chi connectivity index (χ1) is 15.9. The number of rotatable bonds is 6. The monoisotopic (exact) mass is 450 g/mol. The predicted octanol–water partition coefficient (Wildman–Crippen LogP) is 2.93. The molecule has 2 unspecified atom stereocenters. The van der Waals surface area contributed by atoms with Crippen molar-refractivity contribution in [3.63, 3.8) is 0 Å². The molecule has 0 aromatic heterocycles. The van der Waals surface area contributed by atoms with Crippen LogP contribution in [-0.2, 0) is 11.2 Å². The van der Waals surface area contributed by atoms with Crippen LogP contribution in [0.25, 0.3) is 0 Å². The molecular formula is C25H30N4O4. The first-order valence-electron chi connectivity index (χ1n) is 11.3. The number of anilines is 1. The zero-order valence-corrected chi connectivity index (χ0v) is 19.0. The van der Waals surface area contributed by atoms with Crippen LogP contribution >= 0.6 is 0 Å². The Balaban J connectivity index is 1.37. The van der Waals surface area contributed by atoms with Gasteiger partial charge in [-0.3, -0.25) is 14.6 Å². The summed E-state index contributed by atoms with van der Waals surface area (Å²) in [6.07, 6.45) is 2.33. The molecule has 8 nitrogen and oxygen atoms in total. The lowest BCUT2D eigenvalue weighted by Gasteiger charge is -2.31. The molecule has 1 fully saturated rings. The third kappa shape index (κ3) is 5.90. The van der Waals surface area contributed by atoms with E-state index in [-0.39, 0.29) is 24.3 Å². The minimum atomic E-state index is -0.833. The number of amides is 1. The molecule has 2 N–H and O–H groups in total. The van der Waals surface area contributed by atoms with Gasteiger partial charge in [0.1, 0.15) is 5.75 Å². The van der Waals surface area contributed by atoms with E-state index < -0.39 is 5.97 Å². The molecule has 2 aromatic carbocycles. The molecule has 174 valence electrons. The summed E-state index contributed by atoms with van der Waals surface area (Å²) in [5.74, 6) is -0.391. The van der Waals surface area contributed by atoms with E-state index in [2.05, 4.69) is 27.4 Å². The molecule has 0 spiro atoms. The van der Waals surface area contributed by atoms with Crippen molar-refractivity contribution >= 4 is 23.8 Å². The normalized spacial score (nSPS) is 20.8. The number of likely N-dealkylation sites (N-methyl/N-ethyl adjacent to an activating group) is 1. The quantitative estimate of drug-likeness (QED) is 0.658. The van der Waals surface area contributed by atoms with Crippen molar-refractivity contribution in [2.24, 2.45) is 11.0 Å². The number of ether oxygens (including phenoxy) is 1. The maximum absolute atomic E-state index is 12.7. The van der Waals surface area contributed by atoms with Gasteiger partial charge < -0.3 is 20.1 Å². The van der Waals surface area contributed by atoms with Crippen LogP contribution in [0.5, 0.6) is 5.75 Å². The number of carboxylic acid groups (broad SMARTS) is 1. The third-order valence-corrected chi connectivity index (χ3v) is 6.24. The Kier molecular flexibility index (Phi) is 6.93. The number of benzene rings is 2. The van der Waals surface area contributed by atoms with Crippen LogP contribution < -0.4 is 10.1 Å². The van der Waals surface area contributed by atoms with Crippen molar-refractivity contribution in [1.82, 2.24) is 9.91 Å². The molecule has 4 rings (SSSR count). The summed E-state index contributed by atoms with van der Waals surface area (Å²) in [5.41, 5.74) is 3.06. The Morgan fingerprint density at radius 1 is 1.15 bits per heavy atom. The first kappa shape index (κ1) is 22.8. The summed E-state index contributed by atoms with van der Waals surface area (Å²) < 4.78 is 5.88. The van der Waals surface area contributed by atoms with Gasteiger partial charge in [-0.25, -0.2) is 0 Å². The summed E-state index contributed by atoms with van der Waals surface area (Å²) in [7, 11) is 2.11. The van der Waals surface area contributed by atoms with Gasteiger partial charge in [0, 0.05) is 43.3 Å². The molecule has 2 aliphatic rings. The van der Waals surface area contributed by atoms with E-state index in [9.17, 15) is 9.59 Å². The second kappa shape index (κ2) is 10.0. The smallest absolute Gasteiger partial charge is 0.303 e. The van der Waals surface area contributed by atoms with E-state index in [4.69, 9.17) is 9.84 Å². The van der Waals surface area contributed by atoms with E-state index in [0.717, 1.165) is 43.1 Å². The number of piperazine rings is 1. The number of nitrogens with zero attached hydrogens (tertiary/aromatic N) is 3. The average Bonchev–Trinajstić information content (AvgIpc) is 2.79. The number of hydrogen-bond acceptors (Lipinski definition) is 6. The molecule has 2 heterocycles. The number of hydrogen-bond donors (Lipinski definition) is 2. The topological polar surface area (TPSA) is 94.5 Å². The molecule has 0 radical (unpaired) electrons. The van der Waals surface area contributed by atoms with E-state index >= 15 is 0 Å². The van der Waals surface area contributed by atoms with Crippen molar-refractivity contribution < 1.29 is 19.4 Å². The molecule has 0 aliphatic carbocycles. The Hall–Kier alpha value is -3.39. The molecule has 1 saturated heterocycles. The van der Waals surface area contributed by atoms with Crippen molar-refractivity contribution in [1.29, 1.82) is 0 Å². The predicted molar refractivity (Wildman–Crippen MR) is 127 cm³/mol. The van der Waals surface area contributed by atoms with Gasteiger partial charge in [-0.2, -0.15) is 5.10 Å². The van der Waals surface area contributed by atoms with Gasteiger partial charge in [-0.1, -0.05) is 12.1 Å². The molecule has 2 aliphatic heterocycles. The second-order valence-corrected chi connectivity index (χ2v) is 8.79. The zero-order chi connectivity index (χ0) is 23.4. The number of fused-ring (bicyclic) bond motifs is 1. The minimum Gasteiger partial charge on any atom is -0.490 e. The van der Waals surface area contributed by atoms with Gasteiger partial charge in [0.05, 0.1) is 18.7 Å². The largest absolute Gasteiger partial charge is 0.490 e. The lowest BCUT2D eigenvalue weighted by atomic mass is 9.88. The molecule has 33 heavy (non-hydrogen) atoms. The van der Waals surface area contributed by atoms with Gasteiger partial charge in [-0.05, 0) is 61.9 Å². The van der Waals surface area contributed by atoms with Crippen LogP contribution in [0.1, 0.15) is 34.8 Å². The van der Waals surface area contributed by atoms with Gasteiger partial charge in [-0.15, -0.1) is 0 Å².